The van der Waals surface area contributed by atoms with Gasteiger partial charge in [0.25, 0.3) is 11.8 Å². The van der Waals surface area contributed by atoms with E-state index in [-0.39, 0.29) is 18.4 Å². The first-order chi connectivity index (χ1) is 9.72. The van der Waals surface area contributed by atoms with Gasteiger partial charge in [-0.25, -0.2) is 0 Å². The van der Waals surface area contributed by atoms with Crippen LogP contribution in [0.4, 0.5) is 11.4 Å². The van der Waals surface area contributed by atoms with E-state index < -0.39 is 0 Å². The Kier molecular flexibility index (Phi) is 3.04. The van der Waals surface area contributed by atoms with Gasteiger partial charge in [-0.3, -0.25) is 14.6 Å². The smallest absolute Gasteiger partial charge is 0.274 e. The fourth-order valence-corrected chi connectivity index (χ4v) is 1.84. The summed E-state index contributed by atoms with van der Waals surface area (Å²) >= 11 is 0. The lowest BCUT2D eigenvalue weighted by Crippen LogP contribution is -2.25. The van der Waals surface area contributed by atoms with Crippen molar-refractivity contribution in [2.24, 2.45) is 0 Å². The average molecular weight is 269 g/mol. The summed E-state index contributed by atoms with van der Waals surface area (Å²) < 4.78 is 5.28. The molecule has 2 heterocycles. The Hall–Kier alpha value is -2.89. The lowest BCUT2D eigenvalue weighted by Gasteiger charge is -2.18. The monoisotopic (exact) mass is 269 g/mol. The van der Waals surface area contributed by atoms with E-state index >= 15 is 0 Å². The fourth-order valence-electron chi connectivity index (χ4n) is 1.84. The van der Waals surface area contributed by atoms with Crippen molar-refractivity contribution in [2.75, 3.05) is 17.2 Å². The Morgan fingerprint density at radius 3 is 3.00 bits per heavy atom. The van der Waals surface area contributed by atoms with Gasteiger partial charge in [0.1, 0.15) is 11.4 Å². The van der Waals surface area contributed by atoms with E-state index in [2.05, 4.69) is 15.6 Å². The number of nitrogens with one attached hydrogen (secondary N) is 2. The maximum absolute atomic E-state index is 12.0. The molecule has 6 heteroatoms. The van der Waals surface area contributed by atoms with Crippen molar-refractivity contribution in [3.05, 3.63) is 48.3 Å². The highest BCUT2D eigenvalue weighted by Crippen LogP contribution is 2.30. The van der Waals surface area contributed by atoms with Gasteiger partial charge >= 0.3 is 0 Å². The van der Waals surface area contributed by atoms with Gasteiger partial charge in [-0.15, -0.1) is 0 Å². The Bertz CT molecular complexity index is 671. The Labute approximate surface area is 114 Å². The Morgan fingerprint density at radius 1 is 1.30 bits per heavy atom. The maximum atomic E-state index is 12.0. The molecule has 0 aliphatic carbocycles. The van der Waals surface area contributed by atoms with E-state index in [1.165, 1.54) is 0 Å². The van der Waals surface area contributed by atoms with Crippen molar-refractivity contribution in [1.29, 1.82) is 0 Å². The number of hydrogen-bond donors (Lipinski definition) is 2. The lowest BCUT2D eigenvalue weighted by atomic mass is 10.2. The predicted octanol–water partition coefficient (Wildman–Crippen LogP) is 1.66. The molecule has 20 heavy (non-hydrogen) atoms. The summed E-state index contributed by atoms with van der Waals surface area (Å²) in [7, 11) is 0. The van der Waals surface area contributed by atoms with Crippen LogP contribution in [0.1, 0.15) is 10.5 Å². The first kappa shape index (κ1) is 12.2. The number of hydrogen-bond acceptors (Lipinski definition) is 4. The molecule has 6 nitrogen and oxygen atoms in total. The molecule has 0 saturated heterocycles. The molecule has 2 N–H and O–H groups in total. The van der Waals surface area contributed by atoms with E-state index in [9.17, 15) is 9.59 Å². The van der Waals surface area contributed by atoms with Crippen molar-refractivity contribution >= 4 is 23.2 Å². The van der Waals surface area contributed by atoms with Crippen LogP contribution in [0.3, 0.4) is 0 Å². The number of amides is 2. The van der Waals surface area contributed by atoms with Crippen LogP contribution in [0.5, 0.6) is 5.75 Å². The summed E-state index contributed by atoms with van der Waals surface area (Å²) in [5.74, 6) is 0.0385. The predicted molar refractivity (Wildman–Crippen MR) is 72.8 cm³/mol. The minimum Gasteiger partial charge on any atom is -0.482 e. The molecule has 0 bridgehead atoms. The number of aromatic nitrogens is 1. The fraction of sp³-hybridized carbons (Fsp3) is 0.0714. The van der Waals surface area contributed by atoms with E-state index in [0.29, 0.717) is 22.8 Å². The third-order valence-corrected chi connectivity index (χ3v) is 2.77. The zero-order valence-corrected chi connectivity index (χ0v) is 10.4. The Balaban J connectivity index is 1.79. The third kappa shape index (κ3) is 2.44. The van der Waals surface area contributed by atoms with Gasteiger partial charge < -0.3 is 15.4 Å². The molecule has 1 aromatic heterocycles. The number of benzene rings is 1. The second-order valence-electron chi connectivity index (χ2n) is 4.22. The van der Waals surface area contributed by atoms with Gasteiger partial charge in [0, 0.05) is 18.0 Å². The molecule has 1 aliphatic rings. The molecule has 0 radical (unpaired) electrons. The van der Waals surface area contributed by atoms with Crippen LogP contribution in [-0.4, -0.2) is 23.4 Å². The molecule has 2 amide bonds. The van der Waals surface area contributed by atoms with E-state index in [0.717, 1.165) is 0 Å². The zero-order valence-electron chi connectivity index (χ0n) is 10.4. The maximum Gasteiger partial charge on any atom is 0.274 e. The molecule has 0 atom stereocenters. The van der Waals surface area contributed by atoms with Gasteiger partial charge in [-0.1, -0.05) is 6.07 Å². The highest BCUT2D eigenvalue weighted by Gasteiger charge is 2.16. The van der Waals surface area contributed by atoms with Gasteiger partial charge in [0.05, 0.1) is 5.69 Å². The topological polar surface area (TPSA) is 80.3 Å². The van der Waals surface area contributed by atoms with E-state index in [1.807, 2.05) is 0 Å². The Morgan fingerprint density at radius 2 is 2.20 bits per heavy atom. The molecular formula is C14H11N3O3. The van der Waals surface area contributed by atoms with Crippen molar-refractivity contribution < 1.29 is 14.3 Å². The molecule has 0 unspecified atom stereocenters. The van der Waals surface area contributed by atoms with Crippen LogP contribution in [0.25, 0.3) is 0 Å². The van der Waals surface area contributed by atoms with Crippen molar-refractivity contribution in [2.45, 2.75) is 0 Å². The molecule has 0 fully saturated rings. The number of carbonyl (C=O) groups is 2. The first-order valence-corrected chi connectivity index (χ1v) is 6.01. The van der Waals surface area contributed by atoms with Crippen LogP contribution in [0.15, 0.2) is 42.6 Å². The van der Waals surface area contributed by atoms with Gasteiger partial charge in [0.2, 0.25) is 0 Å². The number of anilines is 2. The quantitative estimate of drug-likeness (QED) is 0.869. The molecular weight excluding hydrogens is 258 g/mol. The van der Waals surface area contributed by atoms with E-state index in [4.69, 9.17) is 4.74 Å². The zero-order chi connectivity index (χ0) is 13.9. The highest BCUT2D eigenvalue weighted by molar-refractivity contribution is 6.03. The summed E-state index contributed by atoms with van der Waals surface area (Å²) in [5.41, 5.74) is 1.51. The summed E-state index contributed by atoms with van der Waals surface area (Å²) in [5, 5.41) is 5.41. The molecule has 2 aromatic rings. The molecule has 0 saturated carbocycles. The minimum absolute atomic E-state index is 0.0232. The normalized spacial score (nSPS) is 12.9. The van der Waals surface area contributed by atoms with Crippen LogP contribution in [-0.2, 0) is 4.79 Å². The van der Waals surface area contributed by atoms with Gasteiger partial charge in [-0.2, -0.15) is 0 Å². The first-order valence-electron chi connectivity index (χ1n) is 6.01. The average Bonchev–Trinajstić information content (AvgIpc) is 2.48. The summed E-state index contributed by atoms with van der Waals surface area (Å²) in [6.07, 6.45) is 1.56. The van der Waals surface area contributed by atoms with Crippen LogP contribution >= 0.6 is 0 Å². The molecule has 100 valence electrons. The molecule has 0 spiro atoms. The number of rotatable bonds is 2. The standard InChI is InChI=1S/C14H11N3O3/c18-13-8-20-12-7-9(4-5-10(12)17-13)16-14(19)11-3-1-2-6-15-11/h1-7H,8H2,(H,16,19)(H,17,18). The number of carbonyl (C=O) groups excluding carboxylic acids is 2. The number of fused-ring (bicyclic) bond motifs is 1. The summed E-state index contributed by atoms with van der Waals surface area (Å²) in [6.45, 7) is -0.0232. The highest BCUT2D eigenvalue weighted by atomic mass is 16.5. The number of ether oxygens (including phenoxy) is 1. The summed E-state index contributed by atoms with van der Waals surface area (Å²) in [6, 6.07) is 10.1. The minimum atomic E-state index is -0.301. The second kappa shape index (κ2) is 5.00. The summed E-state index contributed by atoms with van der Waals surface area (Å²) in [4.78, 5) is 27.1. The van der Waals surface area contributed by atoms with Crippen molar-refractivity contribution in [3.8, 4) is 5.75 Å². The van der Waals surface area contributed by atoms with Crippen molar-refractivity contribution in [3.63, 3.8) is 0 Å². The SMILES string of the molecule is O=C1COc2cc(NC(=O)c3ccccn3)ccc2N1. The second-order valence-corrected chi connectivity index (χ2v) is 4.22. The molecule has 3 rings (SSSR count). The van der Waals surface area contributed by atoms with E-state index in [1.54, 1.807) is 42.6 Å². The number of pyridine rings is 1. The van der Waals surface area contributed by atoms with Crippen molar-refractivity contribution in [1.82, 2.24) is 4.98 Å². The van der Waals surface area contributed by atoms with Gasteiger partial charge in [-0.05, 0) is 24.3 Å². The van der Waals surface area contributed by atoms with Crippen LogP contribution in [0, 0.1) is 0 Å². The molecule has 1 aliphatic heterocycles. The molecule has 1 aromatic carbocycles. The lowest BCUT2D eigenvalue weighted by molar-refractivity contribution is -0.118. The largest absolute Gasteiger partial charge is 0.482 e. The third-order valence-electron chi connectivity index (χ3n) is 2.77. The number of nitrogens with zero attached hydrogens (tertiary/aromatic N) is 1. The van der Waals surface area contributed by atoms with Crippen LogP contribution in [0.2, 0.25) is 0 Å². The van der Waals surface area contributed by atoms with Crippen LogP contribution < -0.4 is 15.4 Å². The van der Waals surface area contributed by atoms with Gasteiger partial charge in [0.15, 0.2) is 6.61 Å².